The summed E-state index contributed by atoms with van der Waals surface area (Å²) in [7, 11) is 0. The molecule has 1 N–H and O–H groups in total. The summed E-state index contributed by atoms with van der Waals surface area (Å²) in [6, 6.07) is 21.1. The predicted molar refractivity (Wildman–Crippen MR) is 105 cm³/mol. The zero-order valence-corrected chi connectivity index (χ0v) is 15.2. The maximum Gasteiger partial charge on any atom is 0.265 e. The van der Waals surface area contributed by atoms with Gasteiger partial charge in [0, 0.05) is 17.1 Å². The van der Waals surface area contributed by atoms with E-state index in [1.54, 1.807) is 6.92 Å². The van der Waals surface area contributed by atoms with Crippen LogP contribution >= 0.6 is 0 Å². The zero-order valence-electron chi connectivity index (χ0n) is 15.2. The van der Waals surface area contributed by atoms with Gasteiger partial charge in [0.1, 0.15) is 11.5 Å². The minimum absolute atomic E-state index is 0.0783. The van der Waals surface area contributed by atoms with Gasteiger partial charge in [-0.3, -0.25) is 4.79 Å². The molecule has 0 aromatic heterocycles. The molecule has 4 nitrogen and oxygen atoms in total. The van der Waals surface area contributed by atoms with E-state index < -0.39 is 6.10 Å². The van der Waals surface area contributed by atoms with Crippen molar-refractivity contribution in [1.82, 2.24) is 0 Å². The van der Waals surface area contributed by atoms with Crippen molar-refractivity contribution in [2.45, 2.75) is 33.0 Å². The van der Waals surface area contributed by atoms with Crippen LogP contribution in [-0.2, 0) is 4.79 Å². The fraction of sp³-hybridized carbons (Fsp3) is 0.227. The lowest BCUT2D eigenvalue weighted by Gasteiger charge is -2.17. The number of anilines is 1. The highest BCUT2D eigenvalue weighted by atomic mass is 16.5. The van der Waals surface area contributed by atoms with E-state index in [-0.39, 0.29) is 12.0 Å². The number of carbonyl (C=O) groups excluding carboxylic acids is 1. The molecule has 3 rings (SSSR count). The summed E-state index contributed by atoms with van der Waals surface area (Å²) in [5, 5.41) is 4.95. The molecule has 0 fully saturated rings. The Labute approximate surface area is 153 Å². The van der Waals surface area contributed by atoms with Gasteiger partial charge < -0.3 is 14.8 Å². The third-order valence-electron chi connectivity index (χ3n) is 3.90. The van der Waals surface area contributed by atoms with E-state index >= 15 is 0 Å². The fourth-order valence-electron chi connectivity index (χ4n) is 2.71. The van der Waals surface area contributed by atoms with Crippen molar-refractivity contribution >= 4 is 22.4 Å². The molecule has 0 aliphatic carbocycles. The van der Waals surface area contributed by atoms with Crippen molar-refractivity contribution in [1.29, 1.82) is 0 Å². The van der Waals surface area contributed by atoms with E-state index in [2.05, 4.69) is 5.32 Å². The number of carbonyl (C=O) groups is 1. The zero-order chi connectivity index (χ0) is 18.5. The molecular formula is C22H23NO3. The SMILES string of the molecule is CC(C)Oc1cccc(NC(=O)[C@@H](C)Oc2cccc3ccccc23)c1. The molecule has 0 spiro atoms. The Balaban J connectivity index is 1.70. The van der Waals surface area contributed by atoms with E-state index in [1.807, 2.05) is 80.6 Å². The minimum Gasteiger partial charge on any atom is -0.491 e. The summed E-state index contributed by atoms with van der Waals surface area (Å²) >= 11 is 0. The largest absolute Gasteiger partial charge is 0.491 e. The van der Waals surface area contributed by atoms with Crippen molar-refractivity contribution in [2.24, 2.45) is 0 Å². The molecule has 0 bridgehead atoms. The van der Waals surface area contributed by atoms with Crippen LogP contribution in [-0.4, -0.2) is 18.1 Å². The summed E-state index contributed by atoms with van der Waals surface area (Å²) in [5.74, 6) is 1.21. The lowest BCUT2D eigenvalue weighted by atomic mass is 10.1. The third-order valence-corrected chi connectivity index (χ3v) is 3.90. The van der Waals surface area contributed by atoms with Crippen LogP contribution in [0.5, 0.6) is 11.5 Å². The second-order valence-corrected chi connectivity index (χ2v) is 6.42. The van der Waals surface area contributed by atoms with E-state index in [0.717, 1.165) is 16.5 Å². The molecule has 1 amide bonds. The van der Waals surface area contributed by atoms with E-state index in [9.17, 15) is 4.79 Å². The van der Waals surface area contributed by atoms with Gasteiger partial charge in [0.25, 0.3) is 5.91 Å². The summed E-state index contributed by atoms with van der Waals surface area (Å²) in [4.78, 5) is 12.5. The molecule has 0 aliphatic heterocycles. The van der Waals surface area contributed by atoms with Crippen LogP contribution in [0.25, 0.3) is 10.8 Å². The number of amides is 1. The van der Waals surface area contributed by atoms with E-state index in [0.29, 0.717) is 11.4 Å². The molecule has 0 aliphatic rings. The van der Waals surface area contributed by atoms with Crippen molar-refractivity contribution in [3.8, 4) is 11.5 Å². The predicted octanol–water partition coefficient (Wildman–Crippen LogP) is 5.03. The summed E-state index contributed by atoms with van der Waals surface area (Å²) < 4.78 is 11.6. The Morgan fingerprint density at radius 1 is 0.885 bits per heavy atom. The first-order valence-corrected chi connectivity index (χ1v) is 8.75. The summed E-state index contributed by atoms with van der Waals surface area (Å²) in [6.07, 6.45) is -0.551. The molecule has 3 aromatic rings. The number of ether oxygens (including phenoxy) is 2. The molecular weight excluding hydrogens is 326 g/mol. The normalized spacial score (nSPS) is 12.0. The van der Waals surface area contributed by atoms with Gasteiger partial charge in [0.15, 0.2) is 6.10 Å². The Bertz CT molecular complexity index is 899. The van der Waals surface area contributed by atoms with Crippen molar-refractivity contribution < 1.29 is 14.3 Å². The highest BCUT2D eigenvalue weighted by Crippen LogP contribution is 2.26. The van der Waals surface area contributed by atoms with Crippen LogP contribution in [0.3, 0.4) is 0 Å². The van der Waals surface area contributed by atoms with Gasteiger partial charge in [-0.15, -0.1) is 0 Å². The summed E-state index contributed by atoms with van der Waals surface area (Å²) in [5.41, 5.74) is 0.682. The smallest absolute Gasteiger partial charge is 0.265 e. The molecule has 0 saturated carbocycles. The summed E-state index contributed by atoms with van der Waals surface area (Å²) in [6.45, 7) is 5.67. The molecule has 4 heteroatoms. The van der Waals surface area contributed by atoms with Gasteiger partial charge in [-0.25, -0.2) is 0 Å². The van der Waals surface area contributed by atoms with Crippen LogP contribution in [0, 0.1) is 0 Å². The number of hydrogen-bond donors (Lipinski definition) is 1. The first kappa shape index (κ1) is 17.8. The first-order valence-electron chi connectivity index (χ1n) is 8.75. The van der Waals surface area contributed by atoms with Gasteiger partial charge >= 0.3 is 0 Å². The van der Waals surface area contributed by atoms with Crippen molar-refractivity contribution in [3.63, 3.8) is 0 Å². The third kappa shape index (κ3) is 4.33. The number of nitrogens with one attached hydrogen (secondary N) is 1. The van der Waals surface area contributed by atoms with Gasteiger partial charge in [-0.1, -0.05) is 42.5 Å². The first-order chi connectivity index (χ1) is 12.5. The molecule has 0 heterocycles. The molecule has 0 unspecified atom stereocenters. The molecule has 0 saturated heterocycles. The lowest BCUT2D eigenvalue weighted by molar-refractivity contribution is -0.122. The highest BCUT2D eigenvalue weighted by molar-refractivity contribution is 5.95. The molecule has 0 radical (unpaired) electrons. The number of benzene rings is 3. The number of rotatable bonds is 6. The van der Waals surface area contributed by atoms with Gasteiger partial charge in [-0.05, 0) is 44.4 Å². The van der Waals surface area contributed by atoms with Crippen LogP contribution in [0.1, 0.15) is 20.8 Å². The minimum atomic E-state index is -0.629. The molecule has 3 aromatic carbocycles. The second kappa shape index (κ2) is 7.91. The van der Waals surface area contributed by atoms with Gasteiger partial charge in [0.05, 0.1) is 6.10 Å². The average Bonchev–Trinajstić information content (AvgIpc) is 2.61. The lowest BCUT2D eigenvalue weighted by Crippen LogP contribution is -2.30. The van der Waals surface area contributed by atoms with E-state index in [4.69, 9.17) is 9.47 Å². The van der Waals surface area contributed by atoms with Crippen LogP contribution in [0.2, 0.25) is 0 Å². The Morgan fingerprint density at radius 2 is 1.62 bits per heavy atom. The second-order valence-electron chi connectivity index (χ2n) is 6.42. The molecule has 26 heavy (non-hydrogen) atoms. The number of hydrogen-bond acceptors (Lipinski definition) is 3. The quantitative estimate of drug-likeness (QED) is 0.679. The van der Waals surface area contributed by atoms with Crippen LogP contribution < -0.4 is 14.8 Å². The van der Waals surface area contributed by atoms with Gasteiger partial charge in [-0.2, -0.15) is 0 Å². The Morgan fingerprint density at radius 3 is 2.42 bits per heavy atom. The monoisotopic (exact) mass is 349 g/mol. The molecule has 134 valence electrons. The van der Waals surface area contributed by atoms with E-state index in [1.165, 1.54) is 0 Å². The standard InChI is InChI=1S/C22H23NO3/c1-15(2)25-19-11-7-10-18(14-19)23-22(24)16(3)26-21-13-6-9-17-8-4-5-12-20(17)21/h4-16H,1-3H3,(H,23,24)/t16-/m1/s1. The van der Waals surface area contributed by atoms with Crippen molar-refractivity contribution in [3.05, 3.63) is 66.7 Å². The average molecular weight is 349 g/mol. The number of fused-ring (bicyclic) bond motifs is 1. The molecule has 1 atom stereocenters. The Kier molecular flexibility index (Phi) is 5.42. The van der Waals surface area contributed by atoms with Crippen molar-refractivity contribution in [2.75, 3.05) is 5.32 Å². The van der Waals surface area contributed by atoms with Crippen LogP contribution in [0.4, 0.5) is 5.69 Å². The maximum atomic E-state index is 12.5. The van der Waals surface area contributed by atoms with Gasteiger partial charge in [0.2, 0.25) is 0 Å². The topological polar surface area (TPSA) is 47.6 Å². The highest BCUT2D eigenvalue weighted by Gasteiger charge is 2.16. The maximum absolute atomic E-state index is 12.5. The Hall–Kier alpha value is -3.01. The van der Waals surface area contributed by atoms with Crippen LogP contribution in [0.15, 0.2) is 66.7 Å². The fourth-order valence-corrected chi connectivity index (χ4v) is 2.71.